The molecule has 4 aromatic rings. The van der Waals surface area contributed by atoms with Gasteiger partial charge in [0.1, 0.15) is 5.82 Å². The number of carbonyl (C=O) groups excluding carboxylic acids is 1. The fraction of sp³-hybridized carbons (Fsp3) is 0. The number of carbonyl (C=O) groups is 1. The molecule has 0 aliphatic rings. The van der Waals surface area contributed by atoms with Crippen LogP contribution in [0.2, 0.25) is 0 Å². The summed E-state index contributed by atoms with van der Waals surface area (Å²) in [6.45, 7) is 0. The van der Waals surface area contributed by atoms with Gasteiger partial charge in [0.05, 0.1) is 22.1 Å². The van der Waals surface area contributed by atoms with Gasteiger partial charge in [-0.05, 0) is 48.5 Å². The molecule has 0 spiro atoms. The van der Waals surface area contributed by atoms with Gasteiger partial charge in [-0.2, -0.15) is 0 Å². The summed E-state index contributed by atoms with van der Waals surface area (Å²) in [4.78, 5) is 21.4. The number of benzene rings is 3. The summed E-state index contributed by atoms with van der Waals surface area (Å²) in [6.07, 6.45) is 0. The Morgan fingerprint density at radius 3 is 2.25 bits per heavy atom. The Morgan fingerprint density at radius 2 is 1.50 bits per heavy atom. The molecule has 1 amide bonds. The Balaban J connectivity index is 1.71. The monoisotopic (exact) mass is 317 g/mol. The number of hydrogen-bond acceptors (Lipinski definition) is 3. The molecule has 4 rings (SSSR count). The zero-order chi connectivity index (χ0) is 16.5. The van der Waals surface area contributed by atoms with Crippen LogP contribution in [0.4, 0.5) is 10.1 Å². The summed E-state index contributed by atoms with van der Waals surface area (Å²) < 4.78 is 13.2. The number of nitrogens with zero attached hydrogens (tertiary/aromatic N) is 2. The number of anilines is 1. The van der Waals surface area contributed by atoms with E-state index in [2.05, 4.69) is 15.3 Å². The fourth-order valence-electron chi connectivity index (χ4n) is 2.53. The lowest BCUT2D eigenvalue weighted by Gasteiger charge is -2.06. The molecule has 0 unspecified atom stereocenters. The Labute approximate surface area is 137 Å². The molecular formula is C19H12FN3O. The Kier molecular flexibility index (Phi) is 3.39. The largest absolute Gasteiger partial charge is 0.322 e. The average molecular weight is 317 g/mol. The molecule has 5 heteroatoms. The Morgan fingerprint density at radius 1 is 0.792 bits per heavy atom. The van der Waals surface area contributed by atoms with Crippen LogP contribution in [0, 0.1) is 5.82 Å². The average Bonchev–Trinajstić information content (AvgIpc) is 2.59. The molecule has 0 saturated carbocycles. The van der Waals surface area contributed by atoms with Gasteiger partial charge >= 0.3 is 0 Å². The van der Waals surface area contributed by atoms with Crippen LogP contribution in [0.3, 0.4) is 0 Å². The fourth-order valence-corrected chi connectivity index (χ4v) is 2.53. The summed E-state index contributed by atoms with van der Waals surface area (Å²) in [6, 6.07) is 18.5. The highest BCUT2D eigenvalue weighted by Crippen LogP contribution is 2.18. The van der Waals surface area contributed by atoms with Gasteiger partial charge in [-0.15, -0.1) is 0 Å². The van der Waals surface area contributed by atoms with Crippen molar-refractivity contribution >= 4 is 33.7 Å². The standard InChI is InChI=1S/C19H12FN3O/c20-13-4-3-5-14(11-13)21-19(24)12-8-9-17-18(10-12)23-16-7-2-1-6-15(16)22-17/h1-11H,(H,21,24). The van der Waals surface area contributed by atoms with Crippen LogP contribution in [-0.4, -0.2) is 15.9 Å². The minimum atomic E-state index is -0.399. The first-order valence-electron chi connectivity index (χ1n) is 7.42. The topological polar surface area (TPSA) is 54.9 Å². The highest BCUT2D eigenvalue weighted by atomic mass is 19.1. The van der Waals surface area contributed by atoms with Crippen LogP contribution < -0.4 is 5.32 Å². The van der Waals surface area contributed by atoms with Crippen LogP contribution in [0.1, 0.15) is 10.4 Å². The van der Waals surface area contributed by atoms with Crippen LogP contribution in [0.15, 0.2) is 66.7 Å². The molecule has 0 radical (unpaired) electrons. The number of hydrogen-bond donors (Lipinski definition) is 1. The maximum Gasteiger partial charge on any atom is 0.255 e. The van der Waals surface area contributed by atoms with E-state index in [9.17, 15) is 9.18 Å². The molecule has 0 aliphatic carbocycles. The molecule has 1 aromatic heterocycles. The van der Waals surface area contributed by atoms with Crippen LogP contribution >= 0.6 is 0 Å². The molecule has 0 bridgehead atoms. The van der Waals surface area contributed by atoms with Gasteiger partial charge < -0.3 is 5.32 Å². The lowest BCUT2D eigenvalue weighted by molar-refractivity contribution is 0.102. The zero-order valence-corrected chi connectivity index (χ0v) is 12.5. The van der Waals surface area contributed by atoms with Crippen LogP contribution in [0.25, 0.3) is 22.1 Å². The van der Waals surface area contributed by atoms with Gasteiger partial charge in [0, 0.05) is 11.3 Å². The minimum Gasteiger partial charge on any atom is -0.322 e. The van der Waals surface area contributed by atoms with Crippen molar-refractivity contribution in [2.45, 2.75) is 0 Å². The van der Waals surface area contributed by atoms with Crippen molar-refractivity contribution in [3.63, 3.8) is 0 Å². The quantitative estimate of drug-likeness (QED) is 0.564. The molecule has 0 saturated heterocycles. The summed E-state index contributed by atoms with van der Waals surface area (Å²) in [7, 11) is 0. The van der Waals surface area contributed by atoms with Gasteiger partial charge in [-0.25, -0.2) is 14.4 Å². The van der Waals surface area contributed by atoms with Crippen molar-refractivity contribution in [1.82, 2.24) is 9.97 Å². The minimum absolute atomic E-state index is 0.322. The zero-order valence-electron chi connectivity index (χ0n) is 12.5. The lowest BCUT2D eigenvalue weighted by Crippen LogP contribution is -2.12. The highest BCUT2D eigenvalue weighted by molar-refractivity contribution is 6.06. The second-order valence-electron chi connectivity index (χ2n) is 5.38. The molecule has 1 heterocycles. The number of amides is 1. The first-order chi connectivity index (χ1) is 11.7. The van der Waals surface area contributed by atoms with Crippen molar-refractivity contribution in [2.75, 3.05) is 5.32 Å². The molecule has 116 valence electrons. The third kappa shape index (κ3) is 2.67. The van der Waals surface area contributed by atoms with E-state index in [1.165, 1.54) is 12.1 Å². The van der Waals surface area contributed by atoms with Gasteiger partial charge in [0.25, 0.3) is 5.91 Å². The first-order valence-corrected chi connectivity index (χ1v) is 7.42. The van der Waals surface area contributed by atoms with Gasteiger partial charge in [0.2, 0.25) is 0 Å². The molecule has 0 aliphatic heterocycles. The third-order valence-corrected chi connectivity index (χ3v) is 3.68. The smallest absolute Gasteiger partial charge is 0.255 e. The first kappa shape index (κ1) is 14.3. The van der Waals surface area contributed by atoms with Gasteiger partial charge in [-0.1, -0.05) is 18.2 Å². The Bertz CT molecular complexity index is 1080. The third-order valence-electron chi connectivity index (χ3n) is 3.68. The number of fused-ring (bicyclic) bond motifs is 2. The molecule has 24 heavy (non-hydrogen) atoms. The van der Waals surface area contributed by atoms with E-state index >= 15 is 0 Å². The van der Waals surface area contributed by atoms with E-state index in [1.54, 1.807) is 30.3 Å². The van der Waals surface area contributed by atoms with Crippen molar-refractivity contribution in [3.05, 3.63) is 78.1 Å². The molecule has 3 aromatic carbocycles. The SMILES string of the molecule is O=C(Nc1cccc(F)c1)c1ccc2nc3ccccc3nc2c1. The van der Waals surface area contributed by atoms with Crippen molar-refractivity contribution in [2.24, 2.45) is 0 Å². The highest BCUT2D eigenvalue weighted by Gasteiger charge is 2.09. The van der Waals surface area contributed by atoms with E-state index in [0.29, 0.717) is 16.8 Å². The molecule has 0 fully saturated rings. The maximum atomic E-state index is 13.2. The lowest BCUT2D eigenvalue weighted by atomic mass is 10.1. The van der Waals surface area contributed by atoms with E-state index in [1.807, 2.05) is 24.3 Å². The summed E-state index contributed by atoms with van der Waals surface area (Å²) in [5.74, 6) is -0.721. The molecule has 0 atom stereocenters. The van der Waals surface area contributed by atoms with Gasteiger partial charge in [-0.3, -0.25) is 4.79 Å². The second-order valence-corrected chi connectivity index (χ2v) is 5.38. The number of para-hydroxylation sites is 2. The van der Waals surface area contributed by atoms with Crippen molar-refractivity contribution < 1.29 is 9.18 Å². The number of nitrogens with one attached hydrogen (secondary N) is 1. The van der Waals surface area contributed by atoms with E-state index < -0.39 is 5.82 Å². The predicted octanol–water partition coefficient (Wildman–Crippen LogP) is 4.17. The Hall–Kier alpha value is -3.34. The van der Waals surface area contributed by atoms with E-state index in [0.717, 1.165) is 16.6 Å². The van der Waals surface area contributed by atoms with Crippen LogP contribution in [0.5, 0.6) is 0 Å². The van der Waals surface area contributed by atoms with E-state index in [4.69, 9.17) is 0 Å². The molecular weight excluding hydrogens is 305 g/mol. The van der Waals surface area contributed by atoms with E-state index in [-0.39, 0.29) is 5.91 Å². The number of aromatic nitrogens is 2. The van der Waals surface area contributed by atoms with Crippen molar-refractivity contribution in [1.29, 1.82) is 0 Å². The molecule has 4 nitrogen and oxygen atoms in total. The predicted molar refractivity (Wildman–Crippen MR) is 91.4 cm³/mol. The summed E-state index contributed by atoms with van der Waals surface area (Å²) in [5.41, 5.74) is 3.78. The normalized spacial score (nSPS) is 10.9. The van der Waals surface area contributed by atoms with Crippen molar-refractivity contribution in [3.8, 4) is 0 Å². The maximum absolute atomic E-state index is 13.2. The van der Waals surface area contributed by atoms with Gasteiger partial charge in [0.15, 0.2) is 0 Å². The number of rotatable bonds is 2. The van der Waals surface area contributed by atoms with Crippen LogP contribution in [-0.2, 0) is 0 Å². The summed E-state index contributed by atoms with van der Waals surface area (Å²) >= 11 is 0. The summed E-state index contributed by atoms with van der Waals surface area (Å²) in [5, 5.41) is 2.67. The molecule has 1 N–H and O–H groups in total. The number of halogens is 1. The second kappa shape index (κ2) is 5.70.